The van der Waals surface area contributed by atoms with E-state index < -0.39 is 19.2 Å². The molecule has 160 valence electrons. The van der Waals surface area contributed by atoms with Gasteiger partial charge in [-0.25, -0.2) is 4.39 Å². The first kappa shape index (κ1) is 23.3. The zero-order valence-electron chi connectivity index (χ0n) is 16.5. The van der Waals surface area contributed by atoms with Crippen LogP contribution in [0.25, 0.3) is 0 Å². The van der Waals surface area contributed by atoms with Gasteiger partial charge in [-0.2, -0.15) is 4.39 Å². The molecule has 5 nitrogen and oxygen atoms in total. The molecule has 0 radical (unpaired) electrons. The van der Waals surface area contributed by atoms with Gasteiger partial charge < -0.3 is 14.8 Å². The van der Waals surface area contributed by atoms with Crippen LogP contribution in [0.15, 0.2) is 12.1 Å². The summed E-state index contributed by atoms with van der Waals surface area (Å²) in [6.45, 7) is 2.29. The third kappa shape index (κ3) is 6.80. The molecule has 2 rings (SSSR count). The lowest BCUT2D eigenvalue weighted by molar-refractivity contribution is 0.221. The van der Waals surface area contributed by atoms with Gasteiger partial charge in [-0.05, 0) is 62.0 Å². The monoisotopic (exact) mass is 419 g/mol. The fourth-order valence-corrected chi connectivity index (χ4v) is 4.64. The van der Waals surface area contributed by atoms with Gasteiger partial charge in [0.15, 0.2) is 11.6 Å². The van der Waals surface area contributed by atoms with Crippen LogP contribution in [0.5, 0.6) is 5.75 Å². The van der Waals surface area contributed by atoms with Gasteiger partial charge >= 0.3 is 0 Å². The lowest BCUT2D eigenvalue weighted by Gasteiger charge is -2.29. The molecule has 1 aliphatic rings. The van der Waals surface area contributed by atoms with Crippen LogP contribution >= 0.6 is 7.52 Å². The van der Waals surface area contributed by atoms with Gasteiger partial charge in [0, 0.05) is 6.16 Å². The molecule has 0 spiro atoms. The van der Waals surface area contributed by atoms with Crippen molar-refractivity contribution in [3.05, 3.63) is 29.3 Å². The fourth-order valence-electron chi connectivity index (χ4n) is 3.89. The van der Waals surface area contributed by atoms with Crippen LogP contribution in [-0.2, 0) is 4.57 Å². The van der Waals surface area contributed by atoms with Crippen molar-refractivity contribution in [2.75, 3.05) is 12.8 Å². The van der Waals surface area contributed by atoms with Gasteiger partial charge in [-0.3, -0.25) is 4.57 Å². The predicted molar refractivity (Wildman–Crippen MR) is 105 cm³/mol. The Balaban J connectivity index is 1.85. The van der Waals surface area contributed by atoms with Crippen LogP contribution in [0.2, 0.25) is 0 Å². The number of unbranched alkanes of at least 4 members (excludes halogenated alkanes) is 2. The van der Waals surface area contributed by atoms with Crippen molar-refractivity contribution in [2.45, 2.75) is 70.6 Å². The van der Waals surface area contributed by atoms with E-state index in [0.29, 0.717) is 24.3 Å². The number of rotatable bonds is 11. The fraction of sp³-hybridized carbons (Fsp3) is 0.700. The Morgan fingerprint density at radius 2 is 1.86 bits per heavy atom. The summed E-state index contributed by atoms with van der Waals surface area (Å²) in [5, 5.41) is 9.87. The molecule has 1 unspecified atom stereocenters. The average molecular weight is 419 g/mol. The summed E-state index contributed by atoms with van der Waals surface area (Å²) >= 11 is 0. The lowest BCUT2D eigenvalue weighted by Crippen LogP contribution is -2.15. The van der Waals surface area contributed by atoms with Gasteiger partial charge in [0.2, 0.25) is 5.82 Å². The molecular weight excluding hydrogens is 387 g/mol. The third-order valence-corrected chi connectivity index (χ3v) is 6.83. The number of ether oxygens (including phenoxy) is 1. The normalized spacial score (nSPS) is 22.0. The zero-order chi connectivity index (χ0) is 20.6. The van der Waals surface area contributed by atoms with Crippen LogP contribution in [0.1, 0.15) is 76.2 Å². The van der Waals surface area contributed by atoms with Gasteiger partial charge in [0.25, 0.3) is 7.52 Å². The Hall–Kier alpha value is -1.01. The van der Waals surface area contributed by atoms with Gasteiger partial charge in [-0.15, -0.1) is 5.25 Å². The van der Waals surface area contributed by atoms with E-state index in [-0.39, 0.29) is 24.4 Å². The maximum absolute atomic E-state index is 14.6. The molecular formula is C20H32F2NO4P. The van der Waals surface area contributed by atoms with Crippen LogP contribution in [0.4, 0.5) is 8.78 Å². The summed E-state index contributed by atoms with van der Waals surface area (Å²) in [6.07, 6.45) is 8.16. The lowest BCUT2D eigenvalue weighted by atomic mass is 9.77. The summed E-state index contributed by atoms with van der Waals surface area (Å²) in [4.78, 5) is 9.18. The highest BCUT2D eigenvalue weighted by atomic mass is 31.2. The number of nitrogens with one attached hydrogen (secondary N) is 1. The highest BCUT2D eigenvalue weighted by molar-refractivity contribution is 7.55. The standard InChI is InChI=1S/C20H32F2NO4P/c1-2-3-6-15-7-9-16(10-8-15)17-11-12-18(20(22)19(17)21)27-13-4-5-14-28(25,26)23-24/h11-12,15-16,24H,2-10,13-14H2,1H3,(H2,23,25,26). The second kappa shape index (κ2) is 11.2. The molecule has 1 aromatic carbocycles. The molecule has 0 amide bonds. The molecule has 1 fully saturated rings. The predicted octanol–water partition coefficient (Wildman–Crippen LogP) is 5.75. The van der Waals surface area contributed by atoms with Crippen molar-refractivity contribution in [3.8, 4) is 5.75 Å². The SMILES string of the molecule is CCCCC1CCC(c2ccc(OCCCCP(=O)(O)NO)c(F)c2F)CC1. The first-order valence-electron chi connectivity index (χ1n) is 10.2. The van der Waals surface area contributed by atoms with Gasteiger partial charge in [0.1, 0.15) is 0 Å². The minimum absolute atomic E-state index is 0.0612. The van der Waals surface area contributed by atoms with Crippen molar-refractivity contribution < 1.29 is 28.2 Å². The molecule has 1 saturated carbocycles. The van der Waals surface area contributed by atoms with Crippen molar-refractivity contribution in [2.24, 2.45) is 5.92 Å². The number of hydrogen-bond acceptors (Lipinski definition) is 3. The molecule has 0 heterocycles. The Bertz CT molecular complexity index is 666. The Labute approximate surface area is 166 Å². The maximum Gasteiger partial charge on any atom is 0.289 e. The zero-order valence-corrected chi connectivity index (χ0v) is 17.4. The summed E-state index contributed by atoms with van der Waals surface area (Å²) < 4.78 is 45.5. The van der Waals surface area contributed by atoms with Crippen LogP contribution in [-0.4, -0.2) is 22.9 Å². The average Bonchev–Trinajstić information content (AvgIpc) is 2.70. The third-order valence-electron chi connectivity index (χ3n) is 5.60. The molecule has 1 aromatic rings. The molecule has 1 atom stereocenters. The van der Waals surface area contributed by atoms with E-state index in [1.807, 2.05) is 0 Å². The molecule has 0 aromatic heterocycles. The molecule has 0 saturated heterocycles. The molecule has 0 aliphatic heterocycles. The smallest absolute Gasteiger partial charge is 0.289 e. The van der Waals surface area contributed by atoms with E-state index in [1.54, 1.807) is 6.07 Å². The number of hydrogen-bond donors (Lipinski definition) is 3. The maximum atomic E-state index is 14.6. The quantitative estimate of drug-likeness (QED) is 0.242. The second-order valence-electron chi connectivity index (χ2n) is 7.72. The van der Waals surface area contributed by atoms with E-state index in [2.05, 4.69) is 6.92 Å². The second-order valence-corrected chi connectivity index (χ2v) is 9.77. The van der Waals surface area contributed by atoms with E-state index in [9.17, 15) is 18.2 Å². The Kier molecular flexibility index (Phi) is 9.35. The van der Waals surface area contributed by atoms with Crippen LogP contribution in [0.3, 0.4) is 0 Å². The van der Waals surface area contributed by atoms with E-state index in [1.165, 1.54) is 30.6 Å². The number of benzene rings is 1. The molecule has 1 aliphatic carbocycles. The molecule has 3 N–H and O–H groups in total. The molecule has 8 heteroatoms. The van der Waals surface area contributed by atoms with Gasteiger partial charge in [-0.1, -0.05) is 32.3 Å². The van der Waals surface area contributed by atoms with Crippen molar-refractivity contribution in [1.82, 2.24) is 5.25 Å². The van der Waals surface area contributed by atoms with E-state index in [0.717, 1.165) is 25.7 Å². The minimum atomic E-state index is -3.72. The van der Waals surface area contributed by atoms with Gasteiger partial charge in [0.05, 0.1) is 6.61 Å². The molecule has 28 heavy (non-hydrogen) atoms. The first-order valence-corrected chi connectivity index (χ1v) is 12.1. The van der Waals surface area contributed by atoms with E-state index >= 15 is 0 Å². The Morgan fingerprint density at radius 1 is 1.14 bits per heavy atom. The summed E-state index contributed by atoms with van der Waals surface area (Å²) in [6, 6.07) is 3.10. The first-order chi connectivity index (χ1) is 13.4. The van der Waals surface area contributed by atoms with Crippen molar-refractivity contribution in [3.63, 3.8) is 0 Å². The minimum Gasteiger partial charge on any atom is -0.490 e. The topological polar surface area (TPSA) is 78.8 Å². The largest absolute Gasteiger partial charge is 0.490 e. The number of halogens is 2. The van der Waals surface area contributed by atoms with Crippen molar-refractivity contribution in [1.29, 1.82) is 0 Å². The molecule has 0 bridgehead atoms. The Morgan fingerprint density at radius 3 is 2.50 bits per heavy atom. The summed E-state index contributed by atoms with van der Waals surface area (Å²) in [5.41, 5.74) is 0.439. The highest BCUT2D eigenvalue weighted by Gasteiger charge is 2.26. The van der Waals surface area contributed by atoms with E-state index in [4.69, 9.17) is 9.94 Å². The van der Waals surface area contributed by atoms with Crippen molar-refractivity contribution >= 4 is 7.52 Å². The highest BCUT2D eigenvalue weighted by Crippen LogP contribution is 2.40. The van der Waals surface area contributed by atoms with Crippen LogP contribution in [0, 0.1) is 17.6 Å². The summed E-state index contributed by atoms with van der Waals surface area (Å²) in [7, 11) is -3.72. The van der Waals surface area contributed by atoms with Crippen LogP contribution < -0.4 is 9.99 Å². The summed E-state index contributed by atoms with van der Waals surface area (Å²) in [5.74, 6) is -1.15.